The second-order valence-electron chi connectivity index (χ2n) is 6.14. The van der Waals surface area contributed by atoms with Crippen molar-refractivity contribution in [2.45, 2.75) is 31.9 Å². The van der Waals surface area contributed by atoms with Gasteiger partial charge in [-0.2, -0.15) is 0 Å². The van der Waals surface area contributed by atoms with E-state index < -0.39 is 15.1 Å². The van der Waals surface area contributed by atoms with E-state index in [1.165, 1.54) is 0 Å². The van der Waals surface area contributed by atoms with Crippen LogP contribution in [0.3, 0.4) is 0 Å². The van der Waals surface area contributed by atoms with Crippen molar-refractivity contribution in [1.29, 1.82) is 0 Å². The fourth-order valence-corrected chi connectivity index (χ4v) is 4.91. The minimum atomic E-state index is -3.31. The number of carbonyl (C=O) groups is 1. The van der Waals surface area contributed by atoms with E-state index in [9.17, 15) is 13.2 Å². The molecule has 1 aromatic carbocycles. The highest BCUT2D eigenvalue weighted by molar-refractivity contribution is 7.91. The quantitative estimate of drug-likeness (QED) is 0.847. The number of carbonyl (C=O) groups excluding carboxylic acids is 1. The molecule has 0 radical (unpaired) electrons. The Hall–Kier alpha value is -1.07. The van der Waals surface area contributed by atoms with Gasteiger partial charge in [-0.3, -0.25) is 4.79 Å². The molecule has 1 fully saturated rings. The standard InChI is InChI=1S/C16H22ClNO3S/c1-12(2)11-16(19)18-8-7-15(22(20,21)10-9-18)13-5-3-4-6-14(13)17/h3-6,12,15H,7-11H2,1-2H3. The predicted molar refractivity (Wildman–Crippen MR) is 88.6 cm³/mol. The van der Waals surface area contributed by atoms with Crippen LogP contribution in [0.1, 0.15) is 37.5 Å². The van der Waals surface area contributed by atoms with E-state index in [0.29, 0.717) is 30.0 Å². The molecular weight excluding hydrogens is 322 g/mol. The Morgan fingerprint density at radius 2 is 2.00 bits per heavy atom. The van der Waals surface area contributed by atoms with Gasteiger partial charge in [-0.05, 0) is 24.0 Å². The Morgan fingerprint density at radius 3 is 2.64 bits per heavy atom. The third kappa shape index (κ3) is 4.02. The van der Waals surface area contributed by atoms with E-state index in [4.69, 9.17) is 11.6 Å². The number of halogens is 1. The first-order valence-electron chi connectivity index (χ1n) is 7.55. The van der Waals surface area contributed by atoms with Crippen molar-refractivity contribution in [3.8, 4) is 0 Å². The summed E-state index contributed by atoms with van der Waals surface area (Å²) in [6.07, 6.45) is 0.854. The van der Waals surface area contributed by atoms with Crippen molar-refractivity contribution >= 4 is 27.3 Å². The molecule has 122 valence electrons. The molecule has 1 saturated heterocycles. The Bertz CT molecular complexity index is 643. The van der Waals surface area contributed by atoms with Crippen molar-refractivity contribution < 1.29 is 13.2 Å². The summed E-state index contributed by atoms with van der Waals surface area (Å²) in [6, 6.07) is 7.05. The minimum Gasteiger partial charge on any atom is -0.342 e. The fraction of sp³-hybridized carbons (Fsp3) is 0.562. The van der Waals surface area contributed by atoms with Gasteiger partial charge in [-0.1, -0.05) is 43.6 Å². The van der Waals surface area contributed by atoms with Crippen molar-refractivity contribution in [2.75, 3.05) is 18.8 Å². The third-order valence-electron chi connectivity index (χ3n) is 3.93. The predicted octanol–water partition coefficient (Wildman–Crippen LogP) is 3.07. The van der Waals surface area contributed by atoms with Crippen molar-refractivity contribution in [1.82, 2.24) is 4.90 Å². The Balaban J connectivity index is 2.21. The number of amides is 1. The topological polar surface area (TPSA) is 54.5 Å². The summed E-state index contributed by atoms with van der Waals surface area (Å²) in [5.41, 5.74) is 0.641. The van der Waals surface area contributed by atoms with Crippen molar-refractivity contribution in [3.63, 3.8) is 0 Å². The lowest BCUT2D eigenvalue weighted by molar-refractivity contribution is -0.131. The van der Waals surface area contributed by atoms with Gasteiger partial charge < -0.3 is 4.90 Å². The largest absolute Gasteiger partial charge is 0.342 e. The van der Waals surface area contributed by atoms with Crippen LogP contribution in [0.25, 0.3) is 0 Å². The highest BCUT2D eigenvalue weighted by atomic mass is 35.5. The van der Waals surface area contributed by atoms with Crippen LogP contribution in [0.5, 0.6) is 0 Å². The molecule has 1 atom stereocenters. The molecule has 1 aliphatic rings. The maximum atomic E-state index is 12.5. The van der Waals surface area contributed by atoms with Crippen LogP contribution in [-0.4, -0.2) is 38.1 Å². The summed E-state index contributed by atoms with van der Waals surface area (Å²) in [4.78, 5) is 13.9. The van der Waals surface area contributed by atoms with Gasteiger partial charge in [0.25, 0.3) is 0 Å². The van der Waals surface area contributed by atoms with E-state index in [1.54, 1.807) is 29.2 Å². The summed E-state index contributed by atoms with van der Waals surface area (Å²) in [5, 5.41) is -0.156. The van der Waals surface area contributed by atoms with Crippen LogP contribution in [-0.2, 0) is 14.6 Å². The molecule has 0 aromatic heterocycles. The highest BCUT2D eigenvalue weighted by Gasteiger charge is 2.33. The summed E-state index contributed by atoms with van der Waals surface area (Å²) in [7, 11) is -3.31. The maximum absolute atomic E-state index is 12.5. The van der Waals surface area contributed by atoms with Crippen molar-refractivity contribution in [2.24, 2.45) is 5.92 Å². The molecule has 4 nitrogen and oxygen atoms in total. The fourth-order valence-electron chi connectivity index (χ4n) is 2.76. The molecule has 0 spiro atoms. The van der Waals surface area contributed by atoms with Gasteiger partial charge in [0, 0.05) is 24.5 Å². The lowest BCUT2D eigenvalue weighted by Gasteiger charge is -2.21. The average molecular weight is 344 g/mol. The molecule has 1 aliphatic heterocycles. The van der Waals surface area contributed by atoms with Crippen LogP contribution in [0.2, 0.25) is 5.02 Å². The van der Waals surface area contributed by atoms with E-state index >= 15 is 0 Å². The zero-order chi connectivity index (χ0) is 16.3. The van der Waals surface area contributed by atoms with Gasteiger partial charge >= 0.3 is 0 Å². The maximum Gasteiger partial charge on any atom is 0.222 e. The summed E-state index contributed by atoms with van der Waals surface area (Å²) in [6.45, 7) is 4.70. The van der Waals surface area contributed by atoms with Crippen LogP contribution in [0, 0.1) is 5.92 Å². The first kappa shape index (κ1) is 17.3. The molecule has 6 heteroatoms. The third-order valence-corrected chi connectivity index (χ3v) is 6.38. The molecule has 1 aromatic rings. The Kier molecular flexibility index (Phi) is 5.50. The molecule has 1 unspecified atom stereocenters. The van der Waals surface area contributed by atoms with E-state index in [1.807, 2.05) is 13.8 Å². The SMILES string of the molecule is CC(C)CC(=O)N1CCC(c2ccccc2Cl)S(=O)(=O)CC1. The zero-order valence-electron chi connectivity index (χ0n) is 13.0. The van der Waals surface area contributed by atoms with Gasteiger partial charge in [0.2, 0.25) is 5.91 Å². The summed E-state index contributed by atoms with van der Waals surface area (Å²) in [5.74, 6) is 0.295. The Morgan fingerprint density at radius 1 is 1.32 bits per heavy atom. The molecule has 1 amide bonds. The number of hydrogen-bond donors (Lipinski definition) is 0. The van der Waals surface area contributed by atoms with Crippen LogP contribution in [0.4, 0.5) is 0 Å². The summed E-state index contributed by atoms with van der Waals surface area (Å²) < 4.78 is 25.1. The van der Waals surface area contributed by atoms with E-state index in [2.05, 4.69) is 0 Å². The van der Waals surface area contributed by atoms with E-state index in [-0.39, 0.29) is 24.1 Å². The molecule has 0 aliphatic carbocycles. The van der Waals surface area contributed by atoms with Gasteiger partial charge in [-0.15, -0.1) is 0 Å². The normalized spacial score (nSPS) is 21.6. The average Bonchev–Trinajstić information content (AvgIpc) is 2.57. The highest BCUT2D eigenvalue weighted by Crippen LogP contribution is 2.33. The zero-order valence-corrected chi connectivity index (χ0v) is 14.5. The molecule has 22 heavy (non-hydrogen) atoms. The smallest absolute Gasteiger partial charge is 0.222 e. The Labute approximate surface area is 137 Å². The number of hydrogen-bond acceptors (Lipinski definition) is 3. The molecule has 2 rings (SSSR count). The van der Waals surface area contributed by atoms with E-state index in [0.717, 1.165) is 0 Å². The van der Waals surface area contributed by atoms with Crippen molar-refractivity contribution in [3.05, 3.63) is 34.9 Å². The van der Waals surface area contributed by atoms with Gasteiger partial charge in [-0.25, -0.2) is 8.42 Å². The number of rotatable bonds is 3. The molecule has 0 N–H and O–H groups in total. The molecule has 0 bridgehead atoms. The van der Waals surface area contributed by atoms with Crippen LogP contribution < -0.4 is 0 Å². The first-order chi connectivity index (χ1) is 10.3. The first-order valence-corrected chi connectivity index (χ1v) is 9.64. The second kappa shape index (κ2) is 7.01. The van der Waals surface area contributed by atoms with Gasteiger partial charge in [0.1, 0.15) is 0 Å². The van der Waals surface area contributed by atoms with Gasteiger partial charge in [0.05, 0.1) is 11.0 Å². The number of sulfone groups is 1. The molecule has 1 heterocycles. The lowest BCUT2D eigenvalue weighted by atomic mass is 10.1. The number of benzene rings is 1. The lowest BCUT2D eigenvalue weighted by Crippen LogP contribution is -2.34. The second-order valence-corrected chi connectivity index (χ2v) is 8.85. The minimum absolute atomic E-state index is 0.00722. The summed E-state index contributed by atoms with van der Waals surface area (Å²) >= 11 is 6.16. The molecular formula is C16H22ClNO3S. The van der Waals surface area contributed by atoms with Crippen LogP contribution in [0.15, 0.2) is 24.3 Å². The number of nitrogens with zero attached hydrogens (tertiary/aromatic N) is 1. The van der Waals surface area contributed by atoms with Crippen LogP contribution >= 0.6 is 11.6 Å². The monoisotopic (exact) mass is 343 g/mol. The van der Waals surface area contributed by atoms with Gasteiger partial charge in [0.15, 0.2) is 9.84 Å². The molecule has 0 saturated carbocycles.